The number of hydrogen-bond donors (Lipinski definition) is 0. The van der Waals surface area contributed by atoms with Crippen molar-refractivity contribution in [3.8, 4) is 0 Å². The Morgan fingerprint density at radius 2 is 1.09 bits per heavy atom. The molecule has 0 radical (unpaired) electrons. The number of rotatable bonds is 0. The van der Waals surface area contributed by atoms with E-state index < -0.39 is 0 Å². The Labute approximate surface area is 95.0 Å². The van der Waals surface area contributed by atoms with Gasteiger partial charge in [-0.1, -0.05) is 24.3 Å². The molecule has 1 rings (SSSR count). The third kappa shape index (κ3) is 10.7. The van der Waals surface area contributed by atoms with Crippen LogP contribution in [0.25, 0.3) is 0 Å². The van der Waals surface area contributed by atoms with Gasteiger partial charge in [-0.05, 0) is 25.7 Å². The quantitative estimate of drug-likeness (QED) is 0.598. The molecular formula is C8H14Cl2Pd. The van der Waals surface area contributed by atoms with E-state index in [0.717, 1.165) is 0 Å². The maximum Gasteiger partial charge on any atom is 0 e. The molecule has 0 fully saturated rings. The normalized spacial score (nSPS) is 14.5. The first-order valence-electron chi connectivity index (χ1n) is 3.32. The van der Waals surface area contributed by atoms with Crippen LogP contribution in [0.4, 0.5) is 0 Å². The van der Waals surface area contributed by atoms with E-state index in [1.807, 2.05) is 0 Å². The predicted octanol–water partition coefficient (Wildman–Crippen LogP) is 3.51. The van der Waals surface area contributed by atoms with Gasteiger partial charge in [0, 0.05) is 20.4 Å². The zero-order chi connectivity index (χ0) is 5.66. The summed E-state index contributed by atoms with van der Waals surface area (Å²) in [5, 5.41) is 0. The molecule has 1 aliphatic carbocycles. The summed E-state index contributed by atoms with van der Waals surface area (Å²) in [6.45, 7) is 0. The molecule has 0 saturated carbocycles. The van der Waals surface area contributed by atoms with Gasteiger partial charge in [0.25, 0.3) is 0 Å². The fraction of sp³-hybridized carbons (Fsp3) is 0.500. The minimum atomic E-state index is 0. The molecule has 0 bridgehead atoms. The van der Waals surface area contributed by atoms with E-state index in [-0.39, 0.29) is 45.2 Å². The Morgan fingerprint density at radius 1 is 0.727 bits per heavy atom. The average molecular weight is 288 g/mol. The van der Waals surface area contributed by atoms with Crippen LogP contribution < -0.4 is 0 Å². The summed E-state index contributed by atoms with van der Waals surface area (Å²) in [7, 11) is 0. The standard InChI is InChI=1S/C8H12.2ClH.Pd/c1-2-4-6-8-7-5-3-1;;;/h1-4H,5-8H2;2*1H;. The van der Waals surface area contributed by atoms with E-state index in [1.54, 1.807) is 0 Å². The Hall–Kier alpha value is 0.722. The van der Waals surface area contributed by atoms with Crippen molar-refractivity contribution in [1.29, 1.82) is 0 Å². The van der Waals surface area contributed by atoms with E-state index in [9.17, 15) is 0 Å². The maximum atomic E-state index is 2.23. The molecule has 0 amide bonds. The second kappa shape index (κ2) is 13.3. The van der Waals surface area contributed by atoms with Gasteiger partial charge in [0.15, 0.2) is 0 Å². The topological polar surface area (TPSA) is 0 Å². The van der Waals surface area contributed by atoms with E-state index >= 15 is 0 Å². The van der Waals surface area contributed by atoms with Crippen molar-refractivity contribution in [2.45, 2.75) is 25.7 Å². The van der Waals surface area contributed by atoms with Gasteiger partial charge in [0.1, 0.15) is 0 Å². The molecule has 0 aromatic carbocycles. The SMILES string of the molecule is C1=CCCCCC=C1.Cl.Cl.[Pd]. The number of allylic oxidation sites excluding steroid dienone is 4. The van der Waals surface area contributed by atoms with Crippen molar-refractivity contribution in [3.63, 3.8) is 0 Å². The van der Waals surface area contributed by atoms with Gasteiger partial charge in [-0.3, -0.25) is 0 Å². The fourth-order valence-electron chi connectivity index (χ4n) is 0.874. The van der Waals surface area contributed by atoms with E-state index in [0.29, 0.717) is 0 Å². The summed E-state index contributed by atoms with van der Waals surface area (Å²) in [4.78, 5) is 0. The van der Waals surface area contributed by atoms with Gasteiger partial charge >= 0.3 is 0 Å². The van der Waals surface area contributed by atoms with Crippen molar-refractivity contribution >= 4 is 24.8 Å². The Kier molecular flexibility index (Phi) is 21.5. The summed E-state index contributed by atoms with van der Waals surface area (Å²) in [6, 6.07) is 0. The zero-order valence-corrected chi connectivity index (χ0v) is 9.46. The van der Waals surface area contributed by atoms with Crippen LogP contribution in [0.15, 0.2) is 24.3 Å². The molecule has 1 aliphatic rings. The molecule has 0 heterocycles. The van der Waals surface area contributed by atoms with Gasteiger partial charge in [0.05, 0.1) is 0 Å². The van der Waals surface area contributed by atoms with Crippen LogP contribution >= 0.6 is 24.8 Å². The fourth-order valence-corrected chi connectivity index (χ4v) is 0.874. The van der Waals surface area contributed by atoms with Crippen LogP contribution in [0, 0.1) is 0 Å². The first-order chi connectivity index (χ1) is 4.00. The molecule has 0 N–H and O–H groups in total. The van der Waals surface area contributed by atoms with Crippen LogP contribution in [0.3, 0.4) is 0 Å². The third-order valence-corrected chi connectivity index (χ3v) is 1.37. The largest absolute Gasteiger partial charge is 0.147 e. The predicted molar refractivity (Wildman–Crippen MR) is 51.2 cm³/mol. The first kappa shape index (κ1) is 17.7. The maximum absolute atomic E-state index is 2.23. The van der Waals surface area contributed by atoms with Gasteiger partial charge in [0.2, 0.25) is 0 Å². The van der Waals surface area contributed by atoms with Gasteiger partial charge in [-0.2, -0.15) is 0 Å². The monoisotopic (exact) mass is 286 g/mol. The zero-order valence-electron chi connectivity index (χ0n) is 6.27. The molecule has 0 aromatic heterocycles. The minimum absolute atomic E-state index is 0. The number of halogens is 2. The van der Waals surface area contributed by atoms with Gasteiger partial charge < -0.3 is 0 Å². The van der Waals surface area contributed by atoms with Crippen molar-refractivity contribution in [2.75, 3.05) is 0 Å². The van der Waals surface area contributed by atoms with Crippen LogP contribution in [-0.2, 0) is 20.4 Å². The molecule has 70 valence electrons. The average Bonchev–Trinajstić information content (AvgIpc) is 1.62. The Morgan fingerprint density at radius 3 is 1.45 bits per heavy atom. The molecule has 3 heteroatoms. The van der Waals surface area contributed by atoms with E-state index in [1.165, 1.54) is 25.7 Å². The van der Waals surface area contributed by atoms with Gasteiger partial charge in [-0.15, -0.1) is 24.8 Å². The molecule has 0 aromatic rings. The molecule has 0 unspecified atom stereocenters. The molecule has 0 atom stereocenters. The van der Waals surface area contributed by atoms with Crippen molar-refractivity contribution in [1.82, 2.24) is 0 Å². The van der Waals surface area contributed by atoms with Crippen LogP contribution in [0.2, 0.25) is 0 Å². The Balaban J connectivity index is -0.000000213. The molecule has 0 nitrogen and oxygen atoms in total. The second-order valence-corrected chi connectivity index (χ2v) is 2.14. The third-order valence-electron chi connectivity index (χ3n) is 1.37. The minimum Gasteiger partial charge on any atom is -0.147 e. The van der Waals surface area contributed by atoms with Crippen molar-refractivity contribution in [2.24, 2.45) is 0 Å². The van der Waals surface area contributed by atoms with E-state index in [4.69, 9.17) is 0 Å². The summed E-state index contributed by atoms with van der Waals surface area (Å²) < 4.78 is 0. The van der Waals surface area contributed by atoms with Crippen LogP contribution in [0.1, 0.15) is 25.7 Å². The first-order valence-corrected chi connectivity index (χ1v) is 3.32. The van der Waals surface area contributed by atoms with Crippen LogP contribution in [-0.4, -0.2) is 0 Å². The smallest absolute Gasteiger partial charge is 0 e. The number of hydrogen-bond acceptors (Lipinski definition) is 0. The Bertz CT molecular complexity index is 96.7. The summed E-state index contributed by atoms with van der Waals surface area (Å²) >= 11 is 0. The molecule has 0 spiro atoms. The summed E-state index contributed by atoms with van der Waals surface area (Å²) in [5.41, 5.74) is 0. The molecule has 11 heavy (non-hydrogen) atoms. The molecule has 0 aliphatic heterocycles. The molecule has 0 saturated heterocycles. The molecular weight excluding hydrogens is 273 g/mol. The second-order valence-electron chi connectivity index (χ2n) is 2.14. The summed E-state index contributed by atoms with van der Waals surface area (Å²) in [5.74, 6) is 0. The van der Waals surface area contributed by atoms with E-state index in [2.05, 4.69) is 24.3 Å². The van der Waals surface area contributed by atoms with Crippen molar-refractivity contribution < 1.29 is 20.4 Å². The van der Waals surface area contributed by atoms with Gasteiger partial charge in [-0.25, -0.2) is 0 Å². The van der Waals surface area contributed by atoms with Crippen LogP contribution in [0.5, 0.6) is 0 Å². The van der Waals surface area contributed by atoms with Crippen molar-refractivity contribution in [3.05, 3.63) is 24.3 Å². The summed E-state index contributed by atoms with van der Waals surface area (Å²) in [6.07, 6.45) is 14.0.